The van der Waals surface area contributed by atoms with Crippen LogP contribution < -0.4 is 5.32 Å². The lowest BCUT2D eigenvalue weighted by atomic mass is 10.1. The van der Waals surface area contributed by atoms with Crippen LogP contribution in [0, 0.1) is 17.2 Å². The van der Waals surface area contributed by atoms with Gasteiger partial charge in [-0.25, -0.2) is 0 Å². The van der Waals surface area contributed by atoms with E-state index in [1.54, 1.807) is 0 Å². The molecule has 0 saturated carbocycles. The van der Waals surface area contributed by atoms with Gasteiger partial charge >= 0.3 is 0 Å². The number of rotatable bonds is 5. The molecule has 0 spiro atoms. The van der Waals surface area contributed by atoms with Crippen molar-refractivity contribution in [2.75, 3.05) is 11.9 Å². The molecule has 92 valence electrons. The van der Waals surface area contributed by atoms with Crippen molar-refractivity contribution < 1.29 is 5.11 Å². The smallest absolute Gasteiger partial charge is 0.103 e. The number of hydrogen-bond donors (Lipinski definition) is 2. The Bertz CT molecular complexity index is 412. The summed E-state index contributed by atoms with van der Waals surface area (Å²) in [6.45, 7) is 4.61. The zero-order valence-electron chi connectivity index (χ0n) is 10.1. The molecule has 1 rings (SSSR count). The fourth-order valence-electron chi connectivity index (χ4n) is 1.64. The molecule has 1 unspecified atom stereocenters. The zero-order valence-corrected chi connectivity index (χ0v) is 11.7. The first-order valence-corrected chi connectivity index (χ1v) is 6.44. The molecule has 1 aromatic carbocycles. The summed E-state index contributed by atoms with van der Waals surface area (Å²) < 4.78 is 0.767. The molecule has 1 aromatic rings. The third-order valence-corrected chi connectivity index (χ3v) is 3.06. The predicted octanol–water partition coefficient (Wildman–Crippen LogP) is 3.14. The lowest BCUT2D eigenvalue weighted by Crippen LogP contribution is -2.21. The minimum Gasteiger partial charge on any atom is -0.391 e. The third kappa shape index (κ3) is 4.37. The van der Waals surface area contributed by atoms with Crippen LogP contribution in [0.5, 0.6) is 0 Å². The van der Waals surface area contributed by atoms with Crippen molar-refractivity contribution in [3.05, 3.63) is 28.2 Å². The highest BCUT2D eigenvalue weighted by Gasteiger charge is 2.09. The van der Waals surface area contributed by atoms with Crippen LogP contribution in [0.25, 0.3) is 0 Å². The molecule has 0 amide bonds. The summed E-state index contributed by atoms with van der Waals surface area (Å²) in [5.74, 6) is 0.463. The van der Waals surface area contributed by atoms with Crippen LogP contribution in [-0.2, 0) is 0 Å². The van der Waals surface area contributed by atoms with Gasteiger partial charge in [-0.3, -0.25) is 0 Å². The second-order valence-electron chi connectivity index (χ2n) is 4.44. The lowest BCUT2D eigenvalue weighted by Gasteiger charge is -2.15. The number of nitrogens with zero attached hydrogens (tertiary/aromatic N) is 1. The van der Waals surface area contributed by atoms with Gasteiger partial charge in [0.1, 0.15) is 6.07 Å². The summed E-state index contributed by atoms with van der Waals surface area (Å²) in [4.78, 5) is 0. The largest absolute Gasteiger partial charge is 0.391 e. The molecular formula is C13H17BrN2O. The van der Waals surface area contributed by atoms with Crippen molar-refractivity contribution in [2.24, 2.45) is 5.92 Å². The maximum atomic E-state index is 9.76. The molecule has 0 saturated heterocycles. The van der Waals surface area contributed by atoms with Gasteiger partial charge in [-0.05, 0) is 40.4 Å². The first kappa shape index (κ1) is 14.0. The second kappa shape index (κ2) is 6.63. The van der Waals surface area contributed by atoms with Gasteiger partial charge in [0.25, 0.3) is 0 Å². The third-order valence-electron chi connectivity index (χ3n) is 2.40. The first-order chi connectivity index (χ1) is 8.04. The maximum Gasteiger partial charge on any atom is 0.103 e. The summed E-state index contributed by atoms with van der Waals surface area (Å²) in [6, 6.07) is 7.67. The first-order valence-electron chi connectivity index (χ1n) is 5.65. The molecular weight excluding hydrogens is 280 g/mol. The summed E-state index contributed by atoms with van der Waals surface area (Å²) >= 11 is 3.33. The highest BCUT2D eigenvalue weighted by atomic mass is 79.9. The average Bonchev–Trinajstić information content (AvgIpc) is 2.25. The van der Waals surface area contributed by atoms with E-state index < -0.39 is 0 Å². The summed E-state index contributed by atoms with van der Waals surface area (Å²) in [6.07, 6.45) is 0.364. The van der Waals surface area contributed by atoms with Crippen molar-refractivity contribution >= 4 is 21.6 Å². The summed E-state index contributed by atoms with van der Waals surface area (Å²) in [5.41, 5.74) is 1.33. The summed E-state index contributed by atoms with van der Waals surface area (Å²) in [5, 5.41) is 21.9. The van der Waals surface area contributed by atoms with Crippen LogP contribution in [0.15, 0.2) is 22.7 Å². The Morgan fingerprint density at radius 1 is 1.47 bits per heavy atom. The minimum absolute atomic E-state index is 0.388. The van der Waals surface area contributed by atoms with Gasteiger partial charge in [0.2, 0.25) is 0 Å². The number of nitrogens with one attached hydrogen (secondary N) is 1. The highest BCUT2D eigenvalue weighted by molar-refractivity contribution is 9.10. The minimum atomic E-state index is -0.388. The second-order valence-corrected chi connectivity index (χ2v) is 5.29. The Labute approximate surface area is 111 Å². The number of nitriles is 1. The van der Waals surface area contributed by atoms with Gasteiger partial charge in [-0.1, -0.05) is 19.9 Å². The molecule has 17 heavy (non-hydrogen) atoms. The van der Waals surface area contributed by atoms with E-state index in [2.05, 4.69) is 41.2 Å². The molecule has 0 aromatic heterocycles. The molecule has 0 heterocycles. The van der Waals surface area contributed by atoms with Crippen molar-refractivity contribution in [3.63, 3.8) is 0 Å². The van der Waals surface area contributed by atoms with Crippen LogP contribution in [-0.4, -0.2) is 17.8 Å². The van der Waals surface area contributed by atoms with Crippen molar-refractivity contribution in [1.82, 2.24) is 0 Å². The van der Waals surface area contributed by atoms with Crippen LogP contribution in [0.1, 0.15) is 25.8 Å². The molecule has 0 bridgehead atoms. The predicted molar refractivity (Wildman–Crippen MR) is 72.8 cm³/mol. The topological polar surface area (TPSA) is 56.0 Å². The van der Waals surface area contributed by atoms with Crippen molar-refractivity contribution in [2.45, 2.75) is 26.4 Å². The number of hydrogen-bond acceptors (Lipinski definition) is 3. The van der Waals surface area contributed by atoms with E-state index >= 15 is 0 Å². The lowest BCUT2D eigenvalue weighted by molar-refractivity contribution is 0.161. The molecule has 2 N–H and O–H groups in total. The molecule has 0 fully saturated rings. The van der Waals surface area contributed by atoms with Crippen LogP contribution in [0.2, 0.25) is 0 Å². The van der Waals surface area contributed by atoms with Gasteiger partial charge < -0.3 is 10.4 Å². The van der Waals surface area contributed by atoms with E-state index in [0.717, 1.165) is 16.6 Å². The SMILES string of the molecule is CC(C)CC(O)CNc1cccc(Br)c1C#N. The molecule has 0 aliphatic carbocycles. The normalized spacial score (nSPS) is 12.2. The van der Waals surface area contributed by atoms with E-state index in [4.69, 9.17) is 5.26 Å². The monoisotopic (exact) mass is 296 g/mol. The fourth-order valence-corrected chi connectivity index (χ4v) is 2.10. The molecule has 0 radical (unpaired) electrons. The van der Waals surface area contributed by atoms with Crippen LogP contribution >= 0.6 is 15.9 Å². The number of anilines is 1. The molecule has 3 nitrogen and oxygen atoms in total. The molecule has 1 atom stereocenters. The van der Waals surface area contributed by atoms with Crippen LogP contribution in [0.4, 0.5) is 5.69 Å². The Morgan fingerprint density at radius 3 is 2.76 bits per heavy atom. The van der Waals surface area contributed by atoms with Gasteiger partial charge in [-0.2, -0.15) is 5.26 Å². The zero-order chi connectivity index (χ0) is 12.8. The Balaban J connectivity index is 2.64. The van der Waals surface area contributed by atoms with E-state index in [1.165, 1.54) is 0 Å². The van der Waals surface area contributed by atoms with E-state index in [0.29, 0.717) is 18.0 Å². The summed E-state index contributed by atoms with van der Waals surface area (Å²) in [7, 11) is 0. The maximum absolute atomic E-state index is 9.76. The molecule has 0 aliphatic heterocycles. The van der Waals surface area contributed by atoms with E-state index in [1.807, 2.05) is 18.2 Å². The Kier molecular flexibility index (Phi) is 5.46. The van der Waals surface area contributed by atoms with E-state index in [9.17, 15) is 5.11 Å². The van der Waals surface area contributed by atoms with Crippen molar-refractivity contribution in [1.29, 1.82) is 5.26 Å². The van der Waals surface area contributed by atoms with Gasteiger partial charge in [0.15, 0.2) is 0 Å². The van der Waals surface area contributed by atoms with Gasteiger partial charge in [0, 0.05) is 11.0 Å². The number of aliphatic hydroxyl groups excluding tert-OH is 1. The average molecular weight is 297 g/mol. The van der Waals surface area contributed by atoms with Crippen LogP contribution in [0.3, 0.4) is 0 Å². The highest BCUT2D eigenvalue weighted by Crippen LogP contribution is 2.23. The Morgan fingerprint density at radius 2 is 2.18 bits per heavy atom. The standard InChI is InChI=1S/C13H17BrN2O/c1-9(2)6-10(17)8-16-13-5-3-4-12(14)11(13)7-15/h3-5,9-10,16-17H,6,8H2,1-2H3. The van der Waals surface area contributed by atoms with Gasteiger partial charge in [0.05, 0.1) is 17.4 Å². The molecule has 0 aliphatic rings. The Hall–Kier alpha value is -1.05. The number of halogens is 1. The fraction of sp³-hybridized carbons (Fsp3) is 0.462. The van der Waals surface area contributed by atoms with E-state index in [-0.39, 0.29) is 6.10 Å². The van der Waals surface area contributed by atoms with Crippen molar-refractivity contribution in [3.8, 4) is 6.07 Å². The number of benzene rings is 1. The van der Waals surface area contributed by atoms with Gasteiger partial charge in [-0.15, -0.1) is 0 Å². The quantitative estimate of drug-likeness (QED) is 0.878. The number of aliphatic hydroxyl groups is 1. The molecule has 4 heteroatoms.